The molecule has 0 radical (unpaired) electrons. The van der Waals surface area contributed by atoms with Crippen molar-refractivity contribution in [2.45, 2.75) is 0 Å². The van der Waals surface area contributed by atoms with E-state index in [1.54, 1.807) is 38.4 Å². The summed E-state index contributed by atoms with van der Waals surface area (Å²) in [7, 11) is 3.13. The lowest BCUT2D eigenvalue weighted by atomic mass is 10.2. The van der Waals surface area contributed by atoms with Crippen molar-refractivity contribution in [1.82, 2.24) is 4.98 Å². The molecule has 0 fully saturated rings. The lowest BCUT2D eigenvalue weighted by molar-refractivity contribution is 0.410. The summed E-state index contributed by atoms with van der Waals surface area (Å²) in [5, 5.41) is 3.31. The molecule has 0 bridgehead atoms. The van der Waals surface area contributed by atoms with Crippen molar-refractivity contribution in [3.05, 3.63) is 54.2 Å². The highest BCUT2D eigenvalue weighted by molar-refractivity contribution is 5.86. The normalized spacial score (nSPS) is 10.6. The number of nitrogens with one attached hydrogen (secondary N) is 1. The molecule has 4 nitrogen and oxygen atoms in total. The molecule has 23 heavy (non-hydrogen) atoms. The van der Waals surface area contributed by atoms with Gasteiger partial charge in [-0.25, -0.2) is 8.78 Å². The average Bonchev–Trinajstić information content (AvgIpc) is 2.57. The summed E-state index contributed by atoms with van der Waals surface area (Å²) in [4.78, 5) is 4.21. The van der Waals surface area contributed by atoms with Crippen molar-refractivity contribution in [2.24, 2.45) is 0 Å². The van der Waals surface area contributed by atoms with Gasteiger partial charge in [-0.15, -0.1) is 0 Å². The molecule has 6 heteroatoms. The van der Waals surface area contributed by atoms with Gasteiger partial charge in [0, 0.05) is 42.5 Å². The summed E-state index contributed by atoms with van der Waals surface area (Å²) in [5.41, 5.74) is 0.936. The number of hydrogen-bond acceptors (Lipinski definition) is 4. The van der Waals surface area contributed by atoms with Crippen LogP contribution in [0.2, 0.25) is 0 Å². The number of rotatable bonds is 4. The Morgan fingerprint density at radius 1 is 1.04 bits per heavy atom. The standard InChI is InChI=1S/C17H14F2N2O2/c1-20-10-7-13(18)17(14(19)8-10)23-16-5-6-21-15-9-11(22-2)3-4-12(15)16/h3-9,20H,1-2H3. The molecule has 0 unspecified atom stereocenters. The van der Waals surface area contributed by atoms with Crippen LogP contribution in [-0.2, 0) is 0 Å². The lowest BCUT2D eigenvalue weighted by Crippen LogP contribution is -1.97. The van der Waals surface area contributed by atoms with Crippen molar-refractivity contribution in [2.75, 3.05) is 19.5 Å². The van der Waals surface area contributed by atoms with Gasteiger partial charge in [-0.05, 0) is 18.2 Å². The number of pyridine rings is 1. The Labute approximate surface area is 131 Å². The molecule has 1 heterocycles. The molecule has 0 saturated carbocycles. The number of nitrogens with zero attached hydrogens (tertiary/aromatic N) is 1. The van der Waals surface area contributed by atoms with Gasteiger partial charge in [0.15, 0.2) is 17.4 Å². The van der Waals surface area contributed by atoms with Crippen LogP contribution in [0.4, 0.5) is 14.5 Å². The third-order valence-electron chi connectivity index (χ3n) is 3.41. The maximum Gasteiger partial charge on any atom is 0.198 e. The van der Waals surface area contributed by atoms with Crippen LogP contribution in [0.15, 0.2) is 42.6 Å². The van der Waals surface area contributed by atoms with Crippen molar-refractivity contribution in [3.8, 4) is 17.2 Å². The van der Waals surface area contributed by atoms with Crippen molar-refractivity contribution in [1.29, 1.82) is 0 Å². The topological polar surface area (TPSA) is 43.4 Å². The Hall–Kier alpha value is -2.89. The number of hydrogen-bond donors (Lipinski definition) is 1. The summed E-state index contributed by atoms with van der Waals surface area (Å²) in [6, 6.07) is 9.08. The van der Waals surface area contributed by atoms with Crippen LogP contribution in [0.25, 0.3) is 10.9 Å². The van der Waals surface area contributed by atoms with Gasteiger partial charge in [0.1, 0.15) is 11.5 Å². The molecule has 0 saturated heterocycles. The third-order valence-corrected chi connectivity index (χ3v) is 3.41. The first-order chi connectivity index (χ1) is 11.1. The summed E-state index contributed by atoms with van der Waals surface area (Å²) < 4.78 is 38.7. The second kappa shape index (κ2) is 6.08. The van der Waals surface area contributed by atoms with Crippen LogP contribution < -0.4 is 14.8 Å². The first-order valence-electron chi connectivity index (χ1n) is 6.90. The average molecular weight is 316 g/mol. The zero-order valence-electron chi connectivity index (χ0n) is 12.6. The monoisotopic (exact) mass is 316 g/mol. The largest absolute Gasteiger partial charge is 0.497 e. The third kappa shape index (κ3) is 2.88. The number of methoxy groups -OCH3 is 1. The summed E-state index contributed by atoms with van der Waals surface area (Å²) >= 11 is 0. The molecular weight excluding hydrogens is 302 g/mol. The van der Waals surface area contributed by atoms with Crippen LogP contribution in [0, 0.1) is 11.6 Å². The van der Waals surface area contributed by atoms with E-state index in [0.29, 0.717) is 28.1 Å². The highest BCUT2D eigenvalue weighted by Crippen LogP contribution is 2.34. The molecule has 118 valence electrons. The van der Waals surface area contributed by atoms with Gasteiger partial charge in [0.25, 0.3) is 0 Å². The molecule has 0 aliphatic rings. The van der Waals surface area contributed by atoms with Crippen LogP contribution in [0.3, 0.4) is 0 Å². The van der Waals surface area contributed by atoms with Gasteiger partial charge in [0.05, 0.1) is 12.6 Å². The molecular formula is C17H14F2N2O2. The van der Waals surface area contributed by atoms with Crippen LogP contribution in [0.1, 0.15) is 0 Å². The van der Waals surface area contributed by atoms with Gasteiger partial charge in [0.2, 0.25) is 0 Å². The molecule has 1 aromatic heterocycles. The van der Waals surface area contributed by atoms with Crippen molar-refractivity contribution in [3.63, 3.8) is 0 Å². The van der Waals surface area contributed by atoms with E-state index in [1.807, 2.05) is 0 Å². The molecule has 0 atom stereocenters. The van der Waals surface area contributed by atoms with Gasteiger partial charge in [-0.1, -0.05) is 0 Å². The molecule has 0 aliphatic carbocycles. The Kier molecular flexibility index (Phi) is 3.97. The summed E-state index contributed by atoms with van der Waals surface area (Å²) in [6.07, 6.45) is 1.51. The highest BCUT2D eigenvalue weighted by atomic mass is 19.1. The fourth-order valence-electron chi connectivity index (χ4n) is 2.23. The lowest BCUT2D eigenvalue weighted by Gasteiger charge is -2.12. The SMILES string of the molecule is CNc1cc(F)c(Oc2ccnc3cc(OC)ccc23)c(F)c1. The first-order valence-corrected chi connectivity index (χ1v) is 6.90. The van der Waals surface area contributed by atoms with E-state index < -0.39 is 17.4 Å². The molecule has 3 rings (SSSR count). The Morgan fingerprint density at radius 2 is 1.78 bits per heavy atom. The molecule has 3 aromatic rings. The smallest absolute Gasteiger partial charge is 0.198 e. The van der Waals surface area contributed by atoms with Gasteiger partial charge in [-0.2, -0.15) is 0 Å². The minimum atomic E-state index is -0.784. The molecule has 0 aliphatic heterocycles. The molecule has 0 amide bonds. The number of aromatic nitrogens is 1. The Bertz CT molecular complexity index is 845. The van der Waals surface area contributed by atoms with Crippen LogP contribution >= 0.6 is 0 Å². The number of ether oxygens (including phenoxy) is 2. The van der Waals surface area contributed by atoms with Crippen LogP contribution in [-0.4, -0.2) is 19.1 Å². The maximum atomic E-state index is 14.1. The van der Waals surface area contributed by atoms with E-state index >= 15 is 0 Å². The molecule has 0 spiro atoms. The minimum absolute atomic E-state index is 0.313. The number of anilines is 1. The summed E-state index contributed by atoms with van der Waals surface area (Å²) in [6.45, 7) is 0. The Balaban J connectivity index is 2.05. The molecule has 2 aromatic carbocycles. The van der Waals surface area contributed by atoms with E-state index in [2.05, 4.69) is 10.3 Å². The fourth-order valence-corrected chi connectivity index (χ4v) is 2.23. The zero-order chi connectivity index (χ0) is 16.4. The predicted molar refractivity (Wildman–Crippen MR) is 84.3 cm³/mol. The fraction of sp³-hybridized carbons (Fsp3) is 0.118. The summed E-state index contributed by atoms with van der Waals surface area (Å²) in [5.74, 6) is -1.07. The van der Waals surface area contributed by atoms with E-state index in [-0.39, 0.29) is 0 Å². The second-order valence-corrected chi connectivity index (χ2v) is 4.81. The zero-order valence-corrected chi connectivity index (χ0v) is 12.6. The van der Waals surface area contributed by atoms with Crippen LogP contribution in [0.5, 0.6) is 17.2 Å². The van der Waals surface area contributed by atoms with Gasteiger partial charge < -0.3 is 14.8 Å². The Morgan fingerprint density at radius 3 is 2.43 bits per heavy atom. The van der Waals surface area contributed by atoms with E-state index in [1.165, 1.54) is 18.3 Å². The minimum Gasteiger partial charge on any atom is -0.497 e. The van der Waals surface area contributed by atoms with E-state index in [4.69, 9.17) is 9.47 Å². The van der Waals surface area contributed by atoms with Crippen molar-refractivity contribution < 1.29 is 18.3 Å². The first kappa shape index (κ1) is 15.0. The van der Waals surface area contributed by atoms with Gasteiger partial charge >= 0.3 is 0 Å². The number of benzene rings is 2. The van der Waals surface area contributed by atoms with E-state index in [9.17, 15) is 8.78 Å². The maximum absolute atomic E-state index is 14.1. The van der Waals surface area contributed by atoms with Gasteiger partial charge in [-0.3, -0.25) is 4.98 Å². The number of fused-ring (bicyclic) bond motifs is 1. The number of halogens is 2. The quantitative estimate of drug-likeness (QED) is 0.777. The van der Waals surface area contributed by atoms with E-state index in [0.717, 1.165) is 0 Å². The molecule has 1 N–H and O–H groups in total. The predicted octanol–water partition coefficient (Wildman–Crippen LogP) is 4.36. The highest BCUT2D eigenvalue weighted by Gasteiger charge is 2.15. The van der Waals surface area contributed by atoms with Crippen molar-refractivity contribution >= 4 is 16.6 Å². The second-order valence-electron chi connectivity index (χ2n) is 4.81.